The Balaban J connectivity index is 0. The van der Waals surface area contributed by atoms with Crippen LogP contribution in [0.3, 0.4) is 0 Å². The van der Waals surface area contributed by atoms with E-state index in [2.05, 4.69) is 4.81 Å². The van der Waals surface area contributed by atoms with Crippen LogP contribution in [0.4, 0.5) is 0 Å². The summed E-state index contributed by atoms with van der Waals surface area (Å²) < 4.78 is 8.74. The summed E-state index contributed by atoms with van der Waals surface area (Å²) in [5.41, 5.74) is 0. The third kappa shape index (κ3) is 99.0. The maximum absolute atomic E-state index is 8.74. The van der Waals surface area contributed by atoms with Gasteiger partial charge in [0.1, 0.15) is 0 Å². The Morgan fingerprint density at radius 3 is 1.44 bits per heavy atom. The molecule has 9 heavy (non-hydrogen) atoms. The van der Waals surface area contributed by atoms with Gasteiger partial charge in [0.05, 0.1) is 0 Å². The molecule has 0 bridgehead atoms. The smallest absolute Gasteiger partial charge is 0.511 e. The third-order valence-electron chi connectivity index (χ3n) is 0.0943. The number of hydrogen-bond acceptors (Lipinski definition) is 5. The van der Waals surface area contributed by atoms with E-state index in [4.69, 9.17) is 29.4 Å². The molecule has 0 aromatic rings. The van der Waals surface area contributed by atoms with Crippen molar-refractivity contribution in [1.29, 1.82) is 0 Å². The topological polar surface area (TPSA) is 127 Å². The highest BCUT2D eigenvalue weighted by Gasteiger charge is 2.03. The Hall–Kier alpha value is -0.478. The molecule has 0 heterocycles. The fourth-order valence-electron chi connectivity index (χ4n) is 0. The van der Waals surface area contributed by atoms with Gasteiger partial charge in [-0.05, 0) is 0 Å². The summed E-state index contributed by atoms with van der Waals surface area (Å²) in [7, 11) is -5.19. The molecule has 5 N–H and O–H groups in total. The van der Waals surface area contributed by atoms with Crippen molar-refractivity contribution in [3.05, 3.63) is 0 Å². The largest absolute Gasteiger partial charge is 0.761 e. The first-order chi connectivity index (χ1) is 4.00. The van der Waals surface area contributed by atoms with Crippen LogP contribution in [-0.2, 0) is 9.27 Å². The molecule has 0 spiro atoms. The van der Waals surface area contributed by atoms with Crippen LogP contribution < -0.4 is 0 Å². The second kappa shape index (κ2) is 7.52. The minimum Gasteiger partial charge on any atom is -0.511 e. The molecule has 0 aromatic heterocycles. The maximum atomic E-state index is 8.74. The lowest BCUT2D eigenvalue weighted by Gasteiger charge is -1.82. The molecular weight excluding hydrogens is 151 g/mol. The fraction of sp³-hybridized carbons (Fsp3) is 0. The van der Waals surface area contributed by atoms with Gasteiger partial charge in [-0.1, -0.05) is 0 Å². The van der Waals surface area contributed by atoms with Crippen molar-refractivity contribution >= 4 is 16.5 Å². The van der Waals surface area contributed by atoms with Crippen molar-refractivity contribution in [2.24, 2.45) is 0 Å². The average molecular weight is 156 g/mol. The van der Waals surface area contributed by atoms with Gasteiger partial charge in [0.2, 0.25) is 0 Å². The Morgan fingerprint density at radius 1 is 1.33 bits per heavy atom. The molecular formula is H5BO7Si. The normalized spacial score (nSPS) is 7.00. The predicted molar refractivity (Wildman–Crippen MR) is 24.8 cm³/mol. The van der Waals surface area contributed by atoms with Crippen LogP contribution >= 0.6 is 0 Å². The Morgan fingerprint density at radius 2 is 1.44 bits per heavy atom. The van der Waals surface area contributed by atoms with E-state index in [9.17, 15) is 0 Å². The second-order valence-corrected chi connectivity index (χ2v) is 1.28. The van der Waals surface area contributed by atoms with Crippen LogP contribution in [0.2, 0.25) is 0 Å². The van der Waals surface area contributed by atoms with Crippen LogP contribution in [0.1, 0.15) is 0 Å². The molecule has 0 saturated carbocycles. The molecule has 0 atom stereocenters. The van der Waals surface area contributed by atoms with E-state index in [1.54, 1.807) is 0 Å². The van der Waals surface area contributed by atoms with Crippen molar-refractivity contribution < 1.29 is 34.2 Å². The molecule has 9 heteroatoms. The Kier molecular flexibility index (Phi) is 9.47. The lowest BCUT2D eigenvalue weighted by Crippen LogP contribution is -2.13. The third-order valence-corrected chi connectivity index (χ3v) is 0.0943. The van der Waals surface area contributed by atoms with Crippen LogP contribution in [-0.4, -0.2) is 41.4 Å². The summed E-state index contributed by atoms with van der Waals surface area (Å²) >= 11 is 0. The van der Waals surface area contributed by atoms with Gasteiger partial charge in [0, 0.05) is 0 Å². The zero-order chi connectivity index (χ0) is 7.86. The van der Waals surface area contributed by atoms with Gasteiger partial charge >= 0.3 is 16.5 Å². The van der Waals surface area contributed by atoms with Gasteiger partial charge in [-0.3, -0.25) is 9.72 Å². The Bertz CT molecular complexity index is 65.3. The second-order valence-electron chi connectivity index (χ2n) is 0.714. The summed E-state index contributed by atoms with van der Waals surface area (Å²) in [5, 5.41) is 22.0. The van der Waals surface area contributed by atoms with E-state index >= 15 is 0 Å². The number of rotatable bonds is 1. The zero-order valence-electron chi connectivity index (χ0n) is 4.13. The van der Waals surface area contributed by atoms with E-state index in [0.717, 1.165) is 0 Å². The highest BCUT2D eigenvalue weighted by molar-refractivity contribution is 6.32. The lowest BCUT2D eigenvalue weighted by atomic mass is 10.3. The molecule has 0 aliphatic rings. The van der Waals surface area contributed by atoms with E-state index < -0.39 is 16.5 Å². The fourth-order valence-corrected chi connectivity index (χ4v) is 0. The van der Waals surface area contributed by atoms with Crippen molar-refractivity contribution in [3.63, 3.8) is 0 Å². The first kappa shape index (κ1) is 11.3. The number of hydrogen-bond donors (Lipinski definition) is 5. The standard InChI is InChI=1S/BH3O4.H2O3Si/c2-1(3)5-4;1-4(2)3/h2-4H;1-2H. The van der Waals surface area contributed by atoms with Crippen LogP contribution in [0, 0.1) is 0 Å². The molecule has 0 saturated heterocycles. The summed E-state index contributed by atoms with van der Waals surface area (Å²) in [4.78, 5) is 17.2. The molecule has 0 rings (SSSR count). The average Bonchev–Trinajstić information content (AvgIpc) is 1.65. The molecule has 0 aliphatic heterocycles. The first-order valence-corrected chi connectivity index (χ1v) is 2.89. The van der Waals surface area contributed by atoms with Gasteiger partial charge in [-0.15, -0.1) is 0 Å². The van der Waals surface area contributed by atoms with Gasteiger partial charge in [0.25, 0.3) is 0 Å². The molecule has 0 fully saturated rings. The van der Waals surface area contributed by atoms with Crippen molar-refractivity contribution in [1.82, 2.24) is 0 Å². The SMILES string of the molecule is O=[Si](O)O.OOB(O)O. The Labute approximate surface area is 51.8 Å². The van der Waals surface area contributed by atoms with Crippen molar-refractivity contribution in [3.8, 4) is 0 Å². The summed E-state index contributed by atoms with van der Waals surface area (Å²) in [6.45, 7) is 0. The first-order valence-electron chi connectivity index (χ1n) is 1.59. The predicted octanol–water partition coefficient (Wildman–Crippen LogP) is -3.17. The summed E-state index contributed by atoms with van der Waals surface area (Å²) in [5.74, 6) is 0. The zero-order valence-corrected chi connectivity index (χ0v) is 5.13. The minimum atomic E-state index is -3.13. The van der Waals surface area contributed by atoms with Gasteiger partial charge in [0.15, 0.2) is 0 Å². The van der Waals surface area contributed by atoms with E-state index in [1.165, 1.54) is 0 Å². The molecule has 7 nitrogen and oxygen atoms in total. The van der Waals surface area contributed by atoms with Crippen LogP contribution in [0.15, 0.2) is 0 Å². The molecule has 0 radical (unpaired) electrons. The molecule has 0 amide bonds. The minimum absolute atomic E-state index is 2.06. The van der Waals surface area contributed by atoms with Crippen molar-refractivity contribution in [2.75, 3.05) is 0 Å². The van der Waals surface area contributed by atoms with Gasteiger partial charge in [-0.25, -0.2) is 4.81 Å². The van der Waals surface area contributed by atoms with Crippen LogP contribution in [0.5, 0.6) is 0 Å². The van der Waals surface area contributed by atoms with Crippen molar-refractivity contribution in [2.45, 2.75) is 0 Å². The lowest BCUT2D eigenvalue weighted by molar-refractivity contribution is -0.173. The molecule has 54 valence electrons. The molecule has 0 aromatic carbocycles. The highest BCUT2D eigenvalue weighted by atomic mass is 28.3. The monoisotopic (exact) mass is 156 g/mol. The van der Waals surface area contributed by atoms with E-state index in [1.807, 2.05) is 0 Å². The molecule has 0 aliphatic carbocycles. The molecule has 0 unspecified atom stereocenters. The quantitative estimate of drug-likeness (QED) is 0.154. The van der Waals surface area contributed by atoms with Crippen LogP contribution in [0.25, 0.3) is 0 Å². The van der Waals surface area contributed by atoms with Gasteiger partial charge in [-0.2, -0.15) is 0 Å². The summed E-state index contributed by atoms with van der Waals surface area (Å²) in [6, 6.07) is 0. The maximum Gasteiger partial charge on any atom is 0.761 e. The van der Waals surface area contributed by atoms with E-state index in [-0.39, 0.29) is 0 Å². The summed E-state index contributed by atoms with van der Waals surface area (Å²) in [6.07, 6.45) is 0. The van der Waals surface area contributed by atoms with Gasteiger partial charge < -0.3 is 19.6 Å². The highest BCUT2D eigenvalue weighted by Crippen LogP contribution is 1.58. The van der Waals surface area contributed by atoms with E-state index in [0.29, 0.717) is 0 Å².